The molecular formula is H5BO5Zn. The first-order chi connectivity index (χ1) is 2.73. The molecule has 0 bridgehead atoms. The van der Waals surface area contributed by atoms with E-state index in [1.807, 2.05) is 0 Å². The molecule has 0 atom stereocenters. The number of hydrogen-bond acceptors (Lipinski definition) is 4. The SMILES string of the molecule is O.OB(O)O.[O]=[Zn]. The van der Waals surface area contributed by atoms with E-state index >= 15 is 0 Å². The molecule has 7 heteroatoms. The summed E-state index contributed by atoms with van der Waals surface area (Å²) in [5, 5.41) is 21.5. The molecule has 40 valence electrons. The summed E-state index contributed by atoms with van der Waals surface area (Å²) in [5.41, 5.74) is 0. The molecule has 0 aliphatic rings. The standard InChI is InChI=1S/BH3O3.H2O.O.Zn/c2-1(3)4;;;/h2-4H;1H2;;. The Bertz CT molecular complexity index is 19.3. The van der Waals surface area contributed by atoms with Gasteiger partial charge in [-0.3, -0.25) is 0 Å². The van der Waals surface area contributed by atoms with Crippen LogP contribution in [0.15, 0.2) is 0 Å². The van der Waals surface area contributed by atoms with Crippen LogP contribution in [0.2, 0.25) is 0 Å². The van der Waals surface area contributed by atoms with Gasteiger partial charge in [0, 0.05) is 0 Å². The summed E-state index contributed by atoms with van der Waals surface area (Å²) in [5.74, 6) is 0. The summed E-state index contributed by atoms with van der Waals surface area (Å²) in [6, 6.07) is 0. The van der Waals surface area contributed by atoms with Gasteiger partial charge in [0.25, 0.3) is 0 Å². The fourth-order valence-electron chi connectivity index (χ4n) is 0. The van der Waals surface area contributed by atoms with E-state index in [0.29, 0.717) is 0 Å². The van der Waals surface area contributed by atoms with E-state index in [2.05, 4.69) is 0 Å². The van der Waals surface area contributed by atoms with Crippen LogP contribution in [0.25, 0.3) is 0 Å². The van der Waals surface area contributed by atoms with E-state index in [9.17, 15) is 0 Å². The van der Waals surface area contributed by atoms with Gasteiger partial charge in [-0.15, -0.1) is 0 Å². The van der Waals surface area contributed by atoms with Crippen LogP contribution in [-0.4, -0.2) is 27.9 Å². The molecule has 0 spiro atoms. The molecule has 0 aliphatic heterocycles. The first-order valence-electron chi connectivity index (χ1n) is 1.06. The van der Waals surface area contributed by atoms with Crippen LogP contribution >= 0.6 is 0 Å². The van der Waals surface area contributed by atoms with Crippen molar-refractivity contribution >= 4 is 7.32 Å². The molecule has 0 amide bonds. The first-order valence-corrected chi connectivity index (χ1v) is 2.27. The number of rotatable bonds is 0. The van der Waals surface area contributed by atoms with E-state index in [1.54, 1.807) is 0 Å². The van der Waals surface area contributed by atoms with Crippen molar-refractivity contribution in [3.63, 3.8) is 0 Å². The molecule has 0 fully saturated rings. The zero-order valence-corrected chi connectivity index (χ0v) is 6.50. The summed E-state index contributed by atoms with van der Waals surface area (Å²) >= 11 is 0.125. The van der Waals surface area contributed by atoms with Gasteiger partial charge < -0.3 is 20.5 Å². The monoisotopic (exact) mass is 160 g/mol. The van der Waals surface area contributed by atoms with Crippen molar-refractivity contribution in [1.82, 2.24) is 0 Å². The molecule has 0 aromatic rings. The molecule has 0 rings (SSSR count). The quantitative estimate of drug-likeness (QED) is 0.329. The van der Waals surface area contributed by atoms with Crippen LogP contribution < -0.4 is 0 Å². The van der Waals surface area contributed by atoms with Crippen molar-refractivity contribution in [1.29, 1.82) is 0 Å². The molecule has 7 heavy (non-hydrogen) atoms. The first kappa shape index (κ1) is 15.7. The predicted molar refractivity (Wildman–Crippen MR) is 16.7 cm³/mol. The molecule has 0 saturated heterocycles. The van der Waals surface area contributed by atoms with E-state index < -0.39 is 7.32 Å². The van der Waals surface area contributed by atoms with E-state index in [-0.39, 0.29) is 23.7 Å². The molecule has 5 nitrogen and oxygen atoms in total. The van der Waals surface area contributed by atoms with Crippen molar-refractivity contribution in [3.05, 3.63) is 0 Å². The van der Waals surface area contributed by atoms with Crippen molar-refractivity contribution in [2.24, 2.45) is 0 Å². The molecule has 0 unspecified atom stereocenters. The summed E-state index contributed by atoms with van der Waals surface area (Å²) < 4.78 is 8.38. The van der Waals surface area contributed by atoms with Crippen molar-refractivity contribution in [2.45, 2.75) is 0 Å². The minimum absolute atomic E-state index is 0. The van der Waals surface area contributed by atoms with E-state index in [0.717, 1.165) is 0 Å². The zero-order chi connectivity index (χ0) is 5.58. The molecule has 0 saturated carbocycles. The summed E-state index contributed by atoms with van der Waals surface area (Å²) in [4.78, 5) is 0. The Morgan fingerprint density at radius 1 is 1.14 bits per heavy atom. The van der Waals surface area contributed by atoms with E-state index in [4.69, 9.17) is 18.6 Å². The van der Waals surface area contributed by atoms with Gasteiger partial charge in [-0.2, -0.15) is 0 Å². The third-order valence-corrected chi connectivity index (χ3v) is 0. The van der Waals surface area contributed by atoms with Gasteiger partial charge in [-0.1, -0.05) is 0 Å². The fourth-order valence-corrected chi connectivity index (χ4v) is 0. The van der Waals surface area contributed by atoms with Gasteiger partial charge in [-0.25, -0.2) is 0 Å². The van der Waals surface area contributed by atoms with Crippen LogP contribution in [-0.2, 0) is 21.8 Å². The van der Waals surface area contributed by atoms with Crippen LogP contribution in [0, 0.1) is 0 Å². The van der Waals surface area contributed by atoms with Crippen molar-refractivity contribution < 1.29 is 42.4 Å². The minimum atomic E-state index is -2.17. The maximum atomic E-state index is 8.38. The second kappa shape index (κ2) is 16.2. The average molecular weight is 161 g/mol. The summed E-state index contributed by atoms with van der Waals surface area (Å²) in [6.45, 7) is 0. The van der Waals surface area contributed by atoms with Crippen LogP contribution in [0.5, 0.6) is 0 Å². The Morgan fingerprint density at radius 3 is 1.14 bits per heavy atom. The fraction of sp³-hybridized carbons (Fsp3) is 0. The predicted octanol–water partition coefficient (Wildman–Crippen LogP) is -3.00. The second-order valence-corrected chi connectivity index (χ2v) is 0.346. The third kappa shape index (κ3) is 1100. The van der Waals surface area contributed by atoms with Crippen LogP contribution in [0.3, 0.4) is 0 Å². The van der Waals surface area contributed by atoms with Gasteiger partial charge in [0.1, 0.15) is 0 Å². The average Bonchev–Trinajstić information content (AvgIpc) is 1.41. The molecule has 0 aliphatic carbocycles. The number of hydrogen-bond donors (Lipinski definition) is 3. The van der Waals surface area contributed by atoms with E-state index in [1.165, 1.54) is 0 Å². The Labute approximate surface area is 50.4 Å². The maximum absolute atomic E-state index is 8.38. The van der Waals surface area contributed by atoms with Crippen molar-refractivity contribution in [3.8, 4) is 0 Å². The van der Waals surface area contributed by atoms with Gasteiger partial charge >= 0.3 is 29.1 Å². The van der Waals surface area contributed by atoms with Gasteiger partial charge in [0.05, 0.1) is 0 Å². The Balaban J connectivity index is -0.0000000480. The molecule has 0 heterocycles. The van der Waals surface area contributed by atoms with Crippen LogP contribution in [0.1, 0.15) is 0 Å². The third-order valence-electron chi connectivity index (χ3n) is 0. The Hall–Kier alpha value is 0.328. The molecule has 0 aromatic carbocycles. The summed E-state index contributed by atoms with van der Waals surface area (Å²) in [7, 11) is -2.17. The molecule has 5 N–H and O–H groups in total. The zero-order valence-electron chi connectivity index (χ0n) is 3.53. The topological polar surface area (TPSA) is 109 Å². The molecule has 0 radical (unpaired) electrons. The van der Waals surface area contributed by atoms with Gasteiger partial charge in [0.2, 0.25) is 0 Å². The van der Waals surface area contributed by atoms with Crippen LogP contribution in [0.4, 0.5) is 0 Å². The van der Waals surface area contributed by atoms with Gasteiger partial charge in [0.15, 0.2) is 0 Å². The summed E-state index contributed by atoms with van der Waals surface area (Å²) in [6.07, 6.45) is 0. The normalized spacial score (nSPS) is 4.71. The van der Waals surface area contributed by atoms with Crippen molar-refractivity contribution in [2.75, 3.05) is 0 Å². The Kier molecular flexibility index (Phi) is 36.3. The van der Waals surface area contributed by atoms with Gasteiger partial charge in [-0.05, 0) is 0 Å². The molecular weight excluding hydrogens is 156 g/mol. The second-order valence-electron chi connectivity index (χ2n) is 0.346. The Morgan fingerprint density at radius 2 is 1.14 bits per heavy atom. The molecule has 0 aromatic heterocycles.